The van der Waals surface area contributed by atoms with Crippen LogP contribution >= 0.6 is 0 Å². The third-order valence-corrected chi connectivity index (χ3v) is 3.05. The van der Waals surface area contributed by atoms with Crippen molar-refractivity contribution in [1.82, 2.24) is 4.90 Å². The summed E-state index contributed by atoms with van der Waals surface area (Å²) in [7, 11) is 3.98. The third-order valence-electron chi connectivity index (χ3n) is 3.05. The minimum Gasteiger partial charge on any atom is -0.308 e. The average Bonchev–Trinajstić information content (AvgIpc) is 2.49. The van der Waals surface area contributed by atoms with Gasteiger partial charge in [-0.2, -0.15) is 0 Å². The van der Waals surface area contributed by atoms with E-state index in [0.29, 0.717) is 11.4 Å². The van der Waals surface area contributed by atoms with Crippen molar-refractivity contribution < 1.29 is 9.72 Å². The number of hydrogen-bond acceptors (Lipinski definition) is 4. The Morgan fingerprint density at radius 2 is 1.48 bits per heavy atom. The number of non-ortho nitro benzene ring substituents is 1. The van der Waals surface area contributed by atoms with E-state index in [4.69, 9.17) is 0 Å². The summed E-state index contributed by atoms with van der Waals surface area (Å²) in [6.07, 6.45) is 0. The molecule has 2 N–H and O–H groups in total. The van der Waals surface area contributed by atoms with Gasteiger partial charge in [0.1, 0.15) is 0 Å². The molecule has 0 aliphatic carbocycles. The fourth-order valence-electron chi connectivity index (χ4n) is 2.02. The molecule has 23 heavy (non-hydrogen) atoms. The predicted molar refractivity (Wildman–Crippen MR) is 89.6 cm³/mol. The molecule has 0 aliphatic heterocycles. The molecule has 0 unspecified atom stereocenters. The van der Waals surface area contributed by atoms with Crippen LogP contribution in [0.1, 0.15) is 5.56 Å². The van der Waals surface area contributed by atoms with E-state index in [1.54, 1.807) is 0 Å². The van der Waals surface area contributed by atoms with Gasteiger partial charge < -0.3 is 15.5 Å². The van der Waals surface area contributed by atoms with Crippen molar-refractivity contribution in [2.45, 2.75) is 6.54 Å². The summed E-state index contributed by atoms with van der Waals surface area (Å²) in [6, 6.07) is 12.8. The van der Waals surface area contributed by atoms with Crippen LogP contribution in [0.2, 0.25) is 0 Å². The number of amides is 2. The number of nitrogens with zero attached hydrogens (tertiary/aromatic N) is 2. The van der Waals surface area contributed by atoms with Gasteiger partial charge >= 0.3 is 6.03 Å². The van der Waals surface area contributed by atoms with Gasteiger partial charge in [-0.05, 0) is 43.9 Å². The van der Waals surface area contributed by atoms with Crippen LogP contribution < -0.4 is 10.6 Å². The Bertz CT molecular complexity index is 681. The van der Waals surface area contributed by atoms with Crippen molar-refractivity contribution in [3.63, 3.8) is 0 Å². The number of rotatable bonds is 5. The van der Waals surface area contributed by atoms with Gasteiger partial charge in [-0.3, -0.25) is 10.1 Å². The highest BCUT2D eigenvalue weighted by atomic mass is 16.6. The lowest BCUT2D eigenvalue weighted by atomic mass is 10.2. The zero-order valence-electron chi connectivity index (χ0n) is 12.9. The highest BCUT2D eigenvalue weighted by Crippen LogP contribution is 2.16. The molecule has 2 amide bonds. The molecule has 0 bridgehead atoms. The molecule has 0 spiro atoms. The van der Waals surface area contributed by atoms with Crippen LogP contribution in [-0.2, 0) is 6.54 Å². The number of benzene rings is 2. The van der Waals surface area contributed by atoms with Crippen LogP contribution in [0.15, 0.2) is 48.5 Å². The van der Waals surface area contributed by atoms with Gasteiger partial charge in [0.15, 0.2) is 0 Å². The minimum atomic E-state index is -0.487. The molecule has 0 saturated heterocycles. The lowest BCUT2D eigenvalue weighted by molar-refractivity contribution is -0.384. The van der Waals surface area contributed by atoms with Gasteiger partial charge in [-0.25, -0.2) is 4.79 Å². The smallest absolute Gasteiger partial charge is 0.308 e. The lowest BCUT2D eigenvalue weighted by Gasteiger charge is -2.11. The second-order valence-electron chi connectivity index (χ2n) is 5.32. The molecule has 2 rings (SSSR count). The molecule has 7 nitrogen and oxygen atoms in total. The third kappa shape index (κ3) is 5.08. The Kier molecular flexibility index (Phi) is 5.27. The standard InChI is InChI=1S/C16H18N4O3/c1-19(2)11-12-3-5-13(6-4-12)17-16(21)18-14-7-9-15(10-8-14)20(22)23/h3-10H,11H2,1-2H3,(H2,17,18,21). The molecule has 120 valence electrons. The second kappa shape index (κ2) is 7.37. The first-order valence-corrected chi connectivity index (χ1v) is 7.00. The predicted octanol–water partition coefficient (Wildman–Crippen LogP) is 3.30. The van der Waals surface area contributed by atoms with Gasteiger partial charge in [0.05, 0.1) is 4.92 Å². The van der Waals surface area contributed by atoms with E-state index in [-0.39, 0.29) is 5.69 Å². The summed E-state index contributed by atoms with van der Waals surface area (Å²) in [5.41, 5.74) is 2.29. The van der Waals surface area contributed by atoms with E-state index >= 15 is 0 Å². The number of nitro groups is 1. The quantitative estimate of drug-likeness (QED) is 0.655. The Hall–Kier alpha value is -2.93. The second-order valence-corrected chi connectivity index (χ2v) is 5.32. The first-order valence-electron chi connectivity index (χ1n) is 7.00. The summed E-state index contributed by atoms with van der Waals surface area (Å²) in [5.74, 6) is 0. The minimum absolute atomic E-state index is 0.0209. The summed E-state index contributed by atoms with van der Waals surface area (Å²) >= 11 is 0. The van der Waals surface area contributed by atoms with Crippen LogP contribution in [0.3, 0.4) is 0 Å². The van der Waals surface area contributed by atoms with Crippen molar-refractivity contribution in [3.8, 4) is 0 Å². The molecule has 2 aromatic rings. The largest absolute Gasteiger partial charge is 0.323 e. The van der Waals surface area contributed by atoms with Crippen LogP contribution in [0.5, 0.6) is 0 Å². The van der Waals surface area contributed by atoms with Gasteiger partial charge in [-0.15, -0.1) is 0 Å². The molecule has 0 aromatic heterocycles. The number of nitrogens with one attached hydrogen (secondary N) is 2. The van der Waals surface area contributed by atoms with Crippen LogP contribution in [0.4, 0.5) is 21.9 Å². The maximum atomic E-state index is 11.9. The van der Waals surface area contributed by atoms with E-state index in [1.165, 1.54) is 24.3 Å². The topological polar surface area (TPSA) is 87.5 Å². The molecule has 0 heterocycles. The van der Waals surface area contributed by atoms with E-state index in [9.17, 15) is 14.9 Å². The normalized spacial score (nSPS) is 10.4. The number of hydrogen-bond donors (Lipinski definition) is 2. The van der Waals surface area contributed by atoms with E-state index in [1.807, 2.05) is 38.4 Å². The van der Waals surface area contributed by atoms with E-state index in [2.05, 4.69) is 15.5 Å². The van der Waals surface area contributed by atoms with Crippen molar-refractivity contribution in [2.75, 3.05) is 24.7 Å². The summed E-state index contributed by atoms with van der Waals surface area (Å²) in [5, 5.41) is 15.9. The number of carbonyl (C=O) groups excluding carboxylic acids is 1. The number of carbonyl (C=O) groups is 1. The highest BCUT2D eigenvalue weighted by Gasteiger charge is 2.06. The Labute approximate surface area is 134 Å². The monoisotopic (exact) mass is 314 g/mol. The fourth-order valence-corrected chi connectivity index (χ4v) is 2.02. The van der Waals surface area contributed by atoms with Gasteiger partial charge in [-0.1, -0.05) is 12.1 Å². The molecule has 0 radical (unpaired) electrons. The van der Waals surface area contributed by atoms with Crippen molar-refractivity contribution in [1.29, 1.82) is 0 Å². The van der Waals surface area contributed by atoms with Crippen molar-refractivity contribution in [3.05, 3.63) is 64.2 Å². The molecule has 7 heteroatoms. The van der Waals surface area contributed by atoms with Crippen LogP contribution in [0.25, 0.3) is 0 Å². The first-order chi connectivity index (χ1) is 10.9. The maximum Gasteiger partial charge on any atom is 0.323 e. The number of anilines is 2. The fraction of sp³-hybridized carbons (Fsp3) is 0.188. The SMILES string of the molecule is CN(C)Cc1ccc(NC(=O)Nc2ccc([N+](=O)[O-])cc2)cc1. The molecule has 0 saturated carbocycles. The summed E-state index contributed by atoms with van der Waals surface area (Å²) in [4.78, 5) is 24.0. The summed E-state index contributed by atoms with van der Waals surface area (Å²) < 4.78 is 0. The molecule has 2 aromatic carbocycles. The average molecular weight is 314 g/mol. The van der Waals surface area contributed by atoms with Gasteiger partial charge in [0.25, 0.3) is 5.69 Å². The van der Waals surface area contributed by atoms with E-state index < -0.39 is 11.0 Å². The number of urea groups is 1. The highest BCUT2D eigenvalue weighted by molar-refractivity contribution is 5.99. The molecule has 0 atom stereocenters. The maximum absolute atomic E-state index is 11.9. The first kappa shape index (κ1) is 16.4. The molecular weight excluding hydrogens is 296 g/mol. The van der Waals surface area contributed by atoms with Crippen LogP contribution in [-0.4, -0.2) is 29.9 Å². The zero-order chi connectivity index (χ0) is 16.8. The van der Waals surface area contributed by atoms with Crippen LogP contribution in [0, 0.1) is 10.1 Å². The summed E-state index contributed by atoms with van der Waals surface area (Å²) in [6.45, 7) is 0.829. The zero-order valence-corrected chi connectivity index (χ0v) is 12.9. The number of nitro benzene ring substituents is 1. The van der Waals surface area contributed by atoms with Crippen molar-refractivity contribution >= 4 is 23.1 Å². The Morgan fingerprint density at radius 3 is 1.91 bits per heavy atom. The molecule has 0 aliphatic rings. The lowest BCUT2D eigenvalue weighted by Crippen LogP contribution is -2.19. The Morgan fingerprint density at radius 1 is 1.00 bits per heavy atom. The van der Waals surface area contributed by atoms with Gasteiger partial charge in [0, 0.05) is 30.1 Å². The Balaban J connectivity index is 1.92. The van der Waals surface area contributed by atoms with E-state index in [0.717, 1.165) is 12.1 Å². The van der Waals surface area contributed by atoms with Crippen molar-refractivity contribution in [2.24, 2.45) is 0 Å². The molecule has 0 fully saturated rings. The molecular formula is C16H18N4O3. The van der Waals surface area contributed by atoms with Gasteiger partial charge in [0.2, 0.25) is 0 Å².